The Balaban J connectivity index is 2.21. The number of amides is 2. The van der Waals surface area contributed by atoms with Crippen molar-refractivity contribution in [3.8, 4) is 5.75 Å². The van der Waals surface area contributed by atoms with E-state index < -0.39 is 0 Å². The number of rotatable bonds is 6. The van der Waals surface area contributed by atoms with Crippen LogP contribution in [0.4, 0.5) is 9.18 Å². The number of aliphatic hydroxyl groups excluding tert-OH is 1. The van der Waals surface area contributed by atoms with Crippen molar-refractivity contribution in [1.82, 2.24) is 10.2 Å². The lowest BCUT2D eigenvalue weighted by Gasteiger charge is -2.16. The molecule has 0 unspecified atom stereocenters. The Morgan fingerprint density at radius 3 is 3.00 bits per heavy atom. The second kappa shape index (κ2) is 7.50. The van der Waals surface area contributed by atoms with Crippen LogP contribution in [0.25, 0.3) is 0 Å². The Bertz CT molecular complexity index is 387. The molecule has 0 atom stereocenters. The number of hydrogen-bond donors (Lipinski definition) is 2. The maximum absolute atomic E-state index is 12.8. The van der Waals surface area contributed by atoms with Gasteiger partial charge in [-0.3, -0.25) is 0 Å². The zero-order valence-electron chi connectivity index (χ0n) is 10.2. The van der Waals surface area contributed by atoms with Crippen molar-refractivity contribution in [3.05, 3.63) is 30.1 Å². The number of nitrogens with one attached hydrogen (secondary N) is 1. The Labute approximate surface area is 105 Å². The van der Waals surface area contributed by atoms with E-state index >= 15 is 0 Å². The fourth-order valence-corrected chi connectivity index (χ4v) is 1.27. The van der Waals surface area contributed by atoms with Gasteiger partial charge < -0.3 is 20.1 Å². The van der Waals surface area contributed by atoms with Crippen LogP contribution in [0.15, 0.2) is 24.3 Å². The molecule has 1 rings (SSSR count). The van der Waals surface area contributed by atoms with Gasteiger partial charge in [0.05, 0.1) is 13.2 Å². The number of likely N-dealkylation sites (N-methyl/N-ethyl adjacent to an activating group) is 1. The molecule has 100 valence electrons. The SMILES string of the molecule is CN(CCO)C(=O)NCCOc1cccc(F)c1. The van der Waals surface area contributed by atoms with Crippen LogP contribution < -0.4 is 10.1 Å². The Morgan fingerprint density at radius 2 is 2.33 bits per heavy atom. The highest BCUT2D eigenvalue weighted by Gasteiger charge is 2.06. The lowest BCUT2D eigenvalue weighted by molar-refractivity contribution is 0.188. The molecule has 0 fully saturated rings. The van der Waals surface area contributed by atoms with Gasteiger partial charge in [-0.05, 0) is 12.1 Å². The molecule has 0 bridgehead atoms. The van der Waals surface area contributed by atoms with E-state index in [9.17, 15) is 9.18 Å². The van der Waals surface area contributed by atoms with Gasteiger partial charge in [0.2, 0.25) is 0 Å². The normalized spacial score (nSPS) is 9.94. The third-order valence-corrected chi connectivity index (χ3v) is 2.23. The first-order valence-corrected chi connectivity index (χ1v) is 5.61. The van der Waals surface area contributed by atoms with Gasteiger partial charge in [-0.2, -0.15) is 0 Å². The summed E-state index contributed by atoms with van der Waals surface area (Å²) in [5.74, 6) is 0.0622. The Hall–Kier alpha value is -1.82. The molecule has 0 saturated heterocycles. The average molecular weight is 256 g/mol. The van der Waals surface area contributed by atoms with Crippen molar-refractivity contribution in [2.45, 2.75) is 0 Å². The molecule has 0 saturated carbocycles. The number of carbonyl (C=O) groups excluding carboxylic acids is 1. The lowest BCUT2D eigenvalue weighted by Crippen LogP contribution is -2.40. The summed E-state index contributed by atoms with van der Waals surface area (Å²) < 4.78 is 18.1. The summed E-state index contributed by atoms with van der Waals surface area (Å²) in [6, 6.07) is 5.52. The summed E-state index contributed by atoms with van der Waals surface area (Å²) >= 11 is 0. The molecule has 0 spiro atoms. The number of hydrogen-bond acceptors (Lipinski definition) is 3. The first kappa shape index (κ1) is 14.2. The fraction of sp³-hybridized carbons (Fsp3) is 0.417. The van der Waals surface area contributed by atoms with E-state index in [2.05, 4.69) is 5.32 Å². The maximum Gasteiger partial charge on any atom is 0.317 e. The first-order valence-electron chi connectivity index (χ1n) is 5.61. The molecule has 0 aliphatic heterocycles. The predicted molar refractivity (Wildman–Crippen MR) is 65.0 cm³/mol. The highest BCUT2D eigenvalue weighted by atomic mass is 19.1. The van der Waals surface area contributed by atoms with Gasteiger partial charge in [0, 0.05) is 19.7 Å². The largest absolute Gasteiger partial charge is 0.492 e. The van der Waals surface area contributed by atoms with Crippen LogP contribution in [0.2, 0.25) is 0 Å². The number of ether oxygens (including phenoxy) is 1. The molecule has 5 nitrogen and oxygen atoms in total. The van der Waals surface area contributed by atoms with Crippen molar-refractivity contribution in [3.63, 3.8) is 0 Å². The number of halogens is 1. The van der Waals surface area contributed by atoms with Gasteiger partial charge in [-0.1, -0.05) is 6.07 Å². The van der Waals surface area contributed by atoms with Crippen molar-refractivity contribution < 1.29 is 19.0 Å². The minimum absolute atomic E-state index is 0.0797. The molecule has 0 aromatic heterocycles. The van der Waals surface area contributed by atoms with E-state index in [0.717, 1.165) is 0 Å². The second-order valence-corrected chi connectivity index (χ2v) is 3.68. The van der Waals surface area contributed by atoms with Gasteiger partial charge in [0.1, 0.15) is 18.2 Å². The summed E-state index contributed by atoms with van der Waals surface area (Å²) in [5.41, 5.74) is 0. The highest BCUT2D eigenvalue weighted by Crippen LogP contribution is 2.11. The zero-order chi connectivity index (χ0) is 13.4. The fourth-order valence-electron chi connectivity index (χ4n) is 1.27. The summed E-state index contributed by atoms with van der Waals surface area (Å²) in [5, 5.41) is 11.3. The molecular weight excluding hydrogens is 239 g/mol. The van der Waals surface area contributed by atoms with Crippen LogP contribution in [-0.2, 0) is 0 Å². The van der Waals surface area contributed by atoms with E-state index in [-0.39, 0.29) is 31.6 Å². The molecule has 0 aliphatic carbocycles. The average Bonchev–Trinajstić information content (AvgIpc) is 2.35. The van der Waals surface area contributed by atoms with Crippen LogP contribution in [-0.4, -0.2) is 49.4 Å². The number of aliphatic hydroxyl groups is 1. The van der Waals surface area contributed by atoms with E-state index in [1.54, 1.807) is 19.2 Å². The van der Waals surface area contributed by atoms with Gasteiger partial charge in [-0.15, -0.1) is 0 Å². The summed E-state index contributed by atoms with van der Waals surface area (Å²) in [6.45, 7) is 0.758. The molecular formula is C12H17FN2O3. The molecule has 2 N–H and O–H groups in total. The minimum Gasteiger partial charge on any atom is -0.492 e. The van der Waals surface area contributed by atoms with Gasteiger partial charge in [0.15, 0.2) is 0 Å². The van der Waals surface area contributed by atoms with Crippen molar-refractivity contribution in [2.24, 2.45) is 0 Å². The van der Waals surface area contributed by atoms with E-state index in [4.69, 9.17) is 9.84 Å². The minimum atomic E-state index is -0.362. The number of carbonyl (C=O) groups is 1. The summed E-state index contributed by atoms with van der Waals surface area (Å²) in [6.07, 6.45) is 0. The number of nitrogens with zero attached hydrogens (tertiary/aromatic N) is 1. The quantitative estimate of drug-likeness (QED) is 0.741. The van der Waals surface area contributed by atoms with Crippen LogP contribution in [0.3, 0.4) is 0 Å². The molecule has 0 heterocycles. The second-order valence-electron chi connectivity index (χ2n) is 3.68. The number of benzene rings is 1. The van der Waals surface area contributed by atoms with E-state index in [0.29, 0.717) is 12.3 Å². The molecule has 6 heteroatoms. The zero-order valence-corrected chi connectivity index (χ0v) is 10.2. The Morgan fingerprint density at radius 1 is 1.56 bits per heavy atom. The molecule has 0 aliphatic rings. The van der Waals surface area contributed by atoms with Crippen LogP contribution >= 0.6 is 0 Å². The lowest BCUT2D eigenvalue weighted by atomic mass is 10.3. The van der Waals surface area contributed by atoms with Crippen LogP contribution in [0.5, 0.6) is 5.75 Å². The number of urea groups is 1. The molecule has 0 radical (unpaired) electrons. The first-order chi connectivity index (χ1) is 8.63. The van der Waals surface area contributed by atoms with E-state index in [1.165, 1.54) is 17.0 Å². The van der Waals surface area contributed by atoms with Crippen molar-refractivity contribution >= 4 is 6.03 Å². The summed E-state index contributed by atoms with van der Waals surface area (Å²) in [7, 11) is 1.58. The third kappa shape index (κ3) is 5.01. The van der Waals surface area contributed by atoms with Crippen LogP contribution in [0, 0.1) is 5.82 Å². The highest BCUT2D eigenvalue weighted by molar-refractivity contribution is 5.73. The van der Waals surface area contributed by atoms with Crippen molar-refractivity contribution in [1.29, 1.82) is 0 Å². The molecule has 18 heavy (non-hydrogen) atoms. The van der Waals surface area contributed by atoms with Crippen LogP contribution in [0.1, 0.15) is 0 Å². The standard InChI is InChI=1S/C12H17FN2O3/c1-15(6-7-16)12(17)14-5-8-18-11-4-2-3-10(13)9-11/h2-4,9,16H,5-8H2,1H3,(H,14,17). The monoisotopic (exact) mass is 256 g/mol. The molecule has 1 aromatic rings. The molecule has 2 amide bonds. The van der Waals surface area contributed by atoms with Gasteiger partial charge in [0.25, 0.3) is 0 Å². The maximum atomic E-state index is 12.8. The predicted octanol–water partition coefficient (Wildman–Crippen LogP) is 0.838. The van der Waals surface area contributed by atoms with Gasteiger partial charge >= 0.3 is 6.03 Å². The molecule has 1 aromatic carbocycles. The Kier molecular flexibility index (Phi) is 5.93. The third-order valence-electron chi connectivity index (χ3n) is 2.23. The van der Waals surface area contributed by atoms with Gasteiger partial charge in [-0.25, -0.2) is 9.18 Å². The van der Waals surface area contributed by atoms with Crippen molar-refractivity contribution in [2.75, 3.05) is 33.4 Å². The summed E-state index contributed by atoms with van der Waals surface area (Å²) in [4.78, 5) is 12.7. The topological polar surface area (TPSA) is 61.8 Å². The van der Waals surface area contributed by atoms with E-state index in [1.807, 2.05) is 0 Å². The smallest absolute Gasteiger partial charge is 0.317 e.